The lowest BCUT2D eigenvalue weighted by atomic mass is 9.88. The van der Waals surface area contributed by atoms with Crippen LogP contribution in [-0.2, 0) is 9.53 Å². The van der Waals surface area contributed by atoms with Crippen LogP contribution in [0.3, 0.4) is 0 Å². The molecule has 0 aliphatic heterocycles. The van der Waals surface area contributed by atoms with Crippen molar-refractivity contribution in [3.63, 3.8) is 0 Å². The second-order valence-electron chi connectivity index (χ2n) is 7.25. The van der Waals surface area contributed by atoms with Gasteiger partial charge in [-0.05, 0) is 73.6 Å². The van der Waals surface area contributed by atoms with Crippen molar-refractivity contribution in [3.05, 3.63) is 75.9 Å². The predicted molar refractivity (Wildman–Crippen MR) is 115 cm³/mol. The minimum Gasteiger partial charge on any atom is -0.462 e. The number of allylic oxidation sites excluding steroid dienone is 1. The van der Waals surface area contributed by atoms with Crippen LogP contribution in [0.1, 0.15) is 65.2 Å². The average molecular weight is 379 g/mol. The molecule has 0 N–H and O–H groups in total. The molecular formula is C25H30O3. The van der Waals surface area contributed by atoms with Crippen LogP contribution in [0, 0.1) is 20.8 Å². The summed E-state index contributed by atoms with van der Waals surface area (Å²) in [5.74, 6) is -0.335. The zero-order chi connectivity index (χ0) is 20.5. The number of unbranched alkanes of at least 4 members (excludes halogenated alkanes) is 1. The number of benzene rings is 2. The maximum atomic E-state index is 12.2. The van der Waals surface area contributed by atoms with Crippen molar-refractivity contribution in [2.24, 2.45) is 0 Å². The highest BCUT2D eigenvalue weighted by atomic mass is 16.5. The fourth-order valence-corrected chi connectivity index (χ4v) is 3.65. The molecule has 0 atom stereocenters. The van der Waals surface area contributed by atoms with Gasteiger partial charge in [-0.25, -0.2) is 4.79 Å². The number of carbonyl (C=O) groups excluding carboxylic acids is 2. The van der Waals surface area contributed by atoms with Gasteiger partial charge in [0.05, 0.1) is 12.2 Å². The summed E-state index contributed by atoms with van der Waals surface area (Å²) in [6.45, 7) is 8.60. The van der Waals surface area contributed by atoms with Crippen LogP contribution in [0.5, 0.6) is 0 Å². The molecule has 0 bridgehead atoms. The lowest BCUT2D eigenvalue weighted by molar-refractivity contribution is -0.105. The smallest absolute Gasteiger partial charge is 0.338 e. The van der Waals surface area contributed by atoms with E-state index in [1.165, 1.54) is 5.56 Å². The first-order valence-electron chi connectivity index (χ1n) is 9.95. The van der Waals surface area contributed by atoms with E-state index in [2.05, 4.69) is 39.8 Å². The number of esters is 1. The largest absolute Gasteiger partial charge is 0.462 e. The molecule has 0 aliphatic carbocycles. The van der Waals surface area contributed by atoms with Crippen molar-refractivity contribution in [3.8, 4) is 0 Å². The molecule has 0 heterocycles. The maximum absolute atomic E-state index is 12.2. The molecule has 0 amide bonds. The summed E-state index contributed by atoms with van der Waals surface area (Å²) in [7, 11) is 0. The second kappa shape index (κ2) is 10.6. The fourth-order valence-electron chi connectivity index (χ4n) is 3.65. The van der Waals surface area contributed by atoms with Crippen LogP contribution in [0.4, 0.5) is 0 Å². The zero-order valence-corrected chi connectivity index (χ0v) is 17.4. The van der Waals surface area contributed by atoms with E-state index in [4.69, 9.17) is 4.74 Å². The molecule has 3 nitrogen and oxygen atoms in total. The summed E-state index contributed by atoms with van der Waals surface area (Å²) in [5.41, 5.74) is 6.97. The monoisotopic (exact) mass is 378 g/mol. The van der Waals surface area contributed by atoms with Crippen LogP contribution in [-0.4, -0.2) is 18.9 Å². The molecule has 28 heavy (non-hydrogen) atoms. The van der Waals surface area contributed by atoms with Crippen molar-refractivity contribution in [2.45, 2.75) is 53.4 Å². The maximum Gasteiger partial charge on any atom is 0.338 e. The highest BCUT2D eigenvalue weighted by Gasteiger charge is 2.16. The lowest BCUT2D eigenvalue weighted by Gasteiger charge is -2.18. The third-order valence-corrected chi connectivity index (χ3v) is 4.90. The first-order valence-corrected chi connectivity index (χ1v) is 9.95. The average Bonchev–Trinajstić information content (AvgIpc) is 2.67. The molecule has 0 saturated heterocycles. The number of ether oxygens (including phenoxy) is 1. The third kappa shape index (κ3) is 5.66. The number of aryl methyl sites for hydroxylation is 3. The SMILES string of the molecule is CCCC/C(C=O)=C(\CCOC(=O)c1ccccc1)c1c(C)cc(C)cc1C. The van der Waals surface area contributed by atoms with Crippen molar-refractivity contribution >= 4 is 17.8 Å². The molecule has 0 aliphatic rings. The van der Waals surface area contributed by atoms with Crippen LogP contribution in [0.2, 0.25) is 0 Å². The van der Waals surface area contributed by atoms with E-state index in [1.807, 2.05) is 18.2 Å². The van der Waals surface area contributed by atoms with Crippen molar-refractivity contribution in [1.82, 2.24) is 0 Å². The second-order valence-corrected chi connectivity index (χ2v) is 7.25. The Kier molecular flexibility index (Phi) is 8.19. The van der Waals surface area contributed by atoms with Crippen molar-refractivity contribution in [1.29, 1.82) is 0 Å². The Morgan fingerprint density at radius 1 is 1.00 bits per heavy atom. The van der Waals surface area contributed by atoms with Gasteiger partial charge in [0.1, 0.15) is 6.29 Å². The van der Waals surface area contributed by atoms with E-state index in [1.54, 1.807) is 12.1 Å². The summed E-state index contributed by atoms with van der Waals surface area (Å²) in [6, 6.07) is 13.3. The van der Waals surface area contributed by atoms with Gasteiger partial charge in [0, 0.05) is 6.42 Å². The predicted octanol–water partition coefficient (Wildman–Crippen LogP) is 6.00. The van der Waals surface area contributed by atoms with E-state index in [0.29, 0.717) is 12.0 Å². The Labute approximate surface area is 168 Å². The van der Waals surface area contributed by atoms with Gasteiger partial charge in [0.2, 0.25) is 0 Å². The highest BCUT2D eigenvalue weighted by Crippen LogP contribution is 2.31. The first kappa shape index (κ1) is 21.6. The topological polar surface area (TPSA) is 43.4 Å². The minimum atomic E-state index is -0.335. The molecule has 2 aromatic rings. The normalized spacial score (nSPS) is 11.7. The van der Waals surface area contributed by atoms with E-state index < -0.39 is 0 Å². The Morgan fingerprint density at radius 3 is 2.21 bits per heavy atom. The van der Waals surface area contributed by atoms with E-state index in [9.17, 15) is 9.59 Å². The van der Waals surface area contributed by atoms with Gasteiger partial charge in [0.15, 0.2) is 0 Å². The number of rotatable bonds is 9. The number of hydrogen-bond acceptors (Lipinski definition) is 3. The zero-order valence-electron chi connectivity index (χ0n) is 17.4. The van der Waals surface area contributed by atoms with E-state index >= 15 is 0 Å². The van der Waals surface area contributed by atoms with Gasteiger partial charge >= 0.3 is 5.97 Å². The molecule has 0 saturated carbocycles. The Bertz CT molecular complexity index is 824. The van der Waals surface area contributed by atoms with Gasteiger partial charge in [0.25, 0.3) is 0 Å². The minimum absolute atomic E-state index is 0.249. The highest BCUT2D eigenvalue weighted by molar-refractivity contribution is 5.91. The van der Waals surface area contributed by atoms with Crippen molar-refractivity contribution < 1.29 is 14.3 Å². The van der Waals surface area contributed by atoms with E-state index in [0.717, 1.165) is 53.4 Å². The number of aldehydes is 1. The molecule has 0 unspecified atom stereocenters. The third-order valence-electron chi connectivity index (χ3n) is 4.90. The summed E-state index contributed by atoms with van der Waals surface area (Å²) in [6.07, 6.45) is 4.24. The van der Waals surface area contributed by atoms with Gasteiger partial charge in [-0.2, -0.15) is 0 Å². The molecule has 2 rings (SSSR count). The summed E-state index contributed by atoms with van der Waals surface area (Å²) < 4.78 is 5.49. The molecule has 0 aromatic heterocycles. The molecule has 0 spiro atoms. The standard InChI is InChI=1S/C25H30O3/c1-5-6-10-22(17-26)23(24-19(3)15-18(2)16-20(24)4)13-14-28-25(27)21-11-8-7-9-12-21/h7-9,11-12,15-17H,5-6,10,13-14H2,1-4H3/b23-22-. The van der Waals surface area contributed by atoms with Crippen LogP contribution in [0.25, 0.3) is 5.57 Å². The summed E-state index contributed by atoms with van der Waals surface area (Å²) in [4.78, 5) is 24.1. The Balaban J connectivity index is 2.28. The Hall–Kier alpha value is -2.68. The summed E-state index contributed by atoms with van der Waals surface area (Å²) in [5, 5.41) is 0. The van der Waals surface area contributed by atoms with Gasteiger partial charge in [-0.3, -0.25) is 4.79 Å². The Morgan fingerprint density at radius 2 is 1.64 bits per heavy atom. The van der Waals surface area contributed by atoms with Gasteiger partial charge in [-0.15, -0.1) is 0 Å². The van der Waals surface area contributed by atoms with Crippen molar-refractivity contribution in [2.75, 3.05) is 6.61 Å². The van der Waals surface area contributed by atoms with Crippen LogP contribution < -0.4 is 0 Å². The molecule has 148 valence electrons. The number of carbonyl (C=O) groups is 2. The molecule has 2 aromatic carbocycles. The van der Waals surface area contributed by atoms with Gasteiger partial charge < -0.3 is 4.74 Å². The molecule has 0 radical (unpaired) electrons. The molecule has 3 heteroatoms. The summed E-state index contributed by atoms with van der Waals surface area (Å²) >= 11 is 0. The quantitative estimate of drug-likeness (QED) is 0.305. The first-order chi connectivity index (χ1) is 13.5. The fraction of sp³-hybridized carbons (Fsp3) is 0.360. The van der Waals surface area contributed by atoms with E-state index in [-0.39, 0.29) is 12.6 Å². The molecule has 0 fully saturated rings. The van der Waals surface area contributed by atoms with Crippen LogP contribution in [0.15, 0.2) is 48.0 Å². The van der Waals surface area contributed by atoms with Gasteiger partial charge in [-0.1, -0.05) is 49.2 Å². The van der Waals surface area contributed by atoms with Crippen LogP contribution >= 0.6 is 0 Å². The lowest BCUT2D eigenvalue weighted by Crippen LogP contribution is -2.09. The molecular weight excluding hydrogens is 348 g/mol. The number of hydrogen-bond donors (Lipinski definition) is 0.